The number of rotatable bonds is 1. The molecule has 0 unspecified atom stereocenters. The minimum atomic E-state index is -0.277. The molecule has 100 valence electrons. The fourth-order valence-electron chi connectivity index (χ4n) is 1.69. The van der Waals surface area contributed by atoms with Gasteiger partial charge >= 0.3 is 5.97 Å². The third kappa shape index (κ3) is 3.86. The predicted molar refractivity (Wildman–Crippen MR) is 75.2 cm³/mol. The molecule has 0 N–H and O–H groups in total. The first kappa shape index (κ1) is 14.7. The monoisotopic (exact) mass is 248 g/mol. The quantitative estimate of drug-likeness (QED) is 0.550. The fraction of sp³-hybridized carbons (Fsp3) is 0.562. The summed E-state index contributed by atoms with van der Waals surface area (Å²) in [6.07, 6.45) is 0. The topological polar surface area (TPSA) is 26.3 Å². The van der Waals surface area contributed by atoms with Crippen molar-refractivity contribution in [2.75, 3.05) is 0 Å². The molecule has 0 atom stereocenters. The largest absolute Gasteiger partial charge is 0.427 e. The van der Waals surface area contributed by atoms with Gasteiger partial charge in [0, 0.05) is 6.92 Å². The summed E-state index contributed by atoms with van der Waals surface area (Å²) in [4.78, 5) is 11.1. The van der Waals surface area contributed by atoms with Crippen molar-refractivity contribution in [3.63, 3.8) is 0 Å². The van der Waals surface area contributed by atoms with Crippen LogP contribution < -0.4 is 4.74 Å². The molecule has 0 bridgehead atoms. The molecule has 0 radical (unpaired) electrons. The Bertz CT molecular complexity index is 413. The third-order valence-corrected chi connectivity index (χ3v) is 2.90. The molecule has 0 aliphatic carbocycles. The van der Waals surface area contributed by atoms with Crippen molar-refractivity contribution in [3.8, 4) is 5.75 Å². The van der Waals surface area contributed by atoms with Gasteiger partial charge in [0.1, 0.15) is 5.75 Å². The van der Waals surface area contributed by atoms with Gasteiger partial charge in [-0.15, -0.1) is 0 Å². The van der Waals surface area contributed by atoms with Crippen molar-refractivity contribution in [1.82, 2.24) is 0 Å². The Morgan fingerprint density at radius 1 is 0.889 bits per heavy atom. The summed E-state index contributed by atoms with van der Waals surface area (Å²) in [6.45, 7) is 14.4. The molecule has 0 aromatic heterocycles. The first-order valence-corrected chi connectivity index (χ1v) is 6.34. The van der Waals surface area contributed by atoms with Crippen LogP contribution in [0.25, 0.3) is 0 Å². The third-order valence-electron chi connectivity index (χ3n) is 2.90. The zero-order chi connectivity index (χ0) is 14.1. The van der Waals surface area contributed by atoms with Gasteiger partial charge < -0.3 is 4.74 Å². The smallest absolute Gasteiger partial charge is 0.308 e. The molecular weight excluding hydrogens is 224 g/mol. The maximum absolute atomic E-state index is 11.1. The van der Waals surface area contributed by atoms with E-state index in [0.29, 0.717) is 5.75 Å². The molecule has 1 rings (SSSR count). The van der Waals surface area contributed by atoms with Gasteiger partial charge in [-0.3, -0.25) is 4.79 Å². The zero-order valence-corrected chi connectivity index (χ0v) is 12.5. The predicted octanol–water partition coefficient (Wildman–Crippen LogP) is 4.21. The molecule has 0 saturated carbocycles. The molecule has 2 heteroatoms. The van der Waals surface area contributed by atoms with Gasteiger partial charge in [0.25, 0.3) is 0 Å². The Kier molecular flexibility index (Phi) is 3.89. The maximum Gasteiger partial charge on any atom is 0.308 e. The highest BCUT2D eigenvalue weighted by atomic mass is 16.5. The molecule has 1 aromatic rings. The van der Waals surface area contributed by atoms with E-state index in [1.165, 1.54) is 18.1 Å². The number of hydrogen-bond donors (Lipinski definition) is 0. The molecule has 2 nitrogen and oxygen atoms in total. The van der Waals surface area contributed by atoms with Crippen molar-refractivity contribution in [1.29, 1.82) is 0 Å². The van der Waals surface area contributed by atoms with Crippen molar-refractivity contribution in [2.45, 2.75) is 59.3 Å². The zero-order valence-electron chi connectivity index (χ0n) is 12.5. The summed E-state index contributed by atoms with van der Waals surface area (Å²) < 4.78 is 5.25. The SMILES string of the molecule is CC(=O)Oc1cc(C(C)(C)C)cc(C(C)(C)C)c1. The summed E-state index contributed by atoms with van der Waals surface area (Å²) in [5.41, 5.74) is 2.45. The Morgan fingerprint density at radius 2 is 1.28 bits per heavy atom. The molecule has 0 aliphatic heterocycles. The number of hydrogen-bond acceptors (Lipinski definition) is 2. The Balaban J connectivity index is 3.34. The lowest BCUT2D eigenvalue weighted by Crippen LogP contribution is -2.17. The average molecular weight is 248 g/mol. The average Bonchev–Trinajstić information content (AvgIpc) is 2.13. The van der Waals surface area contributed by atoms with Crippen LogP contribution in [-0.4, -0.2) is 5.97 Å². The van der Waals surface area contributed by atoms with Gasteiger partial charge in [-0.1, -0.05) is 47.6 Å². The number of benzene rings is 1. The lowest BCUT2D eigenvalue weighted by atomic mass is 9.80. The highest BCUT2D eigenvalue weighted by Crippen LogP contribution is 2.32. The minimum absolute atomic E-state index is 0.0379. The second-order valence-corrected chi connectivity index (χ2v) is 6.84. The van der Waals surface area contributed by atoms with Crippen LogP contribution in [0.1, 0.15) is 59.6 Å². The van der Waals surface area contributed by atoms with Gasteiger partial charge in [0.05, 0.1) is 0 Å². The van der Waals surface area contributed by atoms with E-state index in [0.717, 1.165) is 0 Å². The van der Waals surface area contributed by atoms with Crippen LogP contribution in [0.2, 0.25) is 0 Å². The van der Waals surface area contributed by atoms with Crippen molar-refractivity contribution in [3.05, 3.63) is 29.3 Å². The van der Waals surface area contributed by atoms with Crippen molar-refractivity contribution < 1.29 is 9.53 Å². The number of carbonyl (C=O) groups is 1. The van der Waals surface area contributed by atoms with E-state index in [4.69, 9.17) is 4.74 Å². The summed E-state index contributed by atoms with van der Waals surface area (Å²) in [7, 11) is 0. The van der Waals surface area contributed by atoms with Gasteiger partial charge in [-0.2, -0.15) is 0 Å². The summed E-state index contributed by atoms with van der Waals surface area (Å²) in [5, 5.41) is 0. The molecule has 18 heavy (non-hydrogen) atoms. The van der Waals surface area contributed by atoms with Crippen LogP contribution in [0.15, 0.2) is 18.2 Å². The maximum atomic E-state index is 11.1. The number of ether oxygens (including phenoxy) is 1. The molecular formula is C16H24O2. The standard InChI is InChI=1S/C16H24O2/c1-11(17)18-14-9-12(15(2,3)4)8-13(10-14)16(5,6)7/h8-10H,1-7H3. The second-order valence-electron chi connectivity index (χ2n) is 6.84. The lowest BCUT2D eigenvalue weighted by molar-refractivity contribution is -0.131. The highest BCUT2D eigenvalue weighted by molar-refractivity contribution is 5.69. The first-order chi connectivity index (χ1) is 8.00. The summed E-state index contributed by atoms with van der Waals surface area (Å²) >= 11 is 0. The van der Waals surface area contributed by atoms with E-state index in [1.807, 2.05) is 12.1 Å². The number of carbonyl (C=O) groups excluding carboxylic acids is 1. The molecule has 0 aliphatic rings. The van der Waals surface area contributed by atoms with Gasteiger partial charge in [-0.05, 0) is 34.1 Å². The normalized spacial score (nSPS) is 12.4. The first-order valence-electron chi connectivity index (χ1n) is 6.34. The van der Waals surface area contributed by atoms with E-state index < -0.39 is 0 Å². The fourth-order valence-corrected chi connectivity index (χ4v) is 1.69. The second kappa shape index (κ2) is 4.75. The van der Waals surface area contributed by atoms with Gasteiger partial charge in [-0.25, -0.2) is 0 Å². The van der Waals surface area contributed by atoms with Crippen LogP contribution in [0.5, 0.6) is 5.75 Å². The molecule has 1 aromatic carbocycles. The molecule has 0 heterocycles. The Morgan fingerprint density at radius 3 is 1.56 bits per heavy atom. The van der Waals surface area contributed by atoms with E-state index >= 15 is 0 Å². The Labute approximate surface area is 110 Å². The van der Waals surface area contributed by atoms with Crippen LogP contribution in [0.3, 0.4) is 0 Å². The van der Waals surface area contributed by atoms with Crippen molar-refractivity contribution in [2.24, 2.45) is 0 Å². The van der Waals surface area contributed by atoms with Crippen LogP contribution in [0.4, 0.5) is 0 Å². The van der Waals surface area contributed by atoms with Crippen LogP contribution >= 0.6 is 0 Å². The number of esters is 1. The molecule has 0 fully saturated rings. The van der Waals surface area contributed by atoms with Crippen LogP contribution in [0, 0.1) is 0 Å². The summed E-state index contributed by atoms with van der Waals surface area (Å²) in [6, 6.07) is 6.11. The molecule has 0 spiro atoms. The van der Waals surface area contributed by atoms with E-state index in [9.17, 15) is 4.79 Å². The van der Waals surface area contributed by atoms with E-state index in [-0.39, 0.29) is 16.8 Å². The van der Waals surface area contributed by atoms with Gasteiger partial charge in [0.15, 0.2) is 0 Å². The van der Waals surface area contributed by atoms with E-state index in [1.54, 1.807) is 0 Å². The van der Waals surface area contributed by atoms with Crippen LogP contribution in [-0.2, 0) is 15.6 Å². The highest BCUT2D eigenvalue weighted by Gasteiger charge is 2.21. The van der Waals surface area contributed by atoms with E-state index in [2.05, 4.69) is 47.6 Å². The Hall–Kier alpha value is -1.31. The molecule has 0 amide bonds. The van der Waals surface area contributed by atoms with Crippen molar-refractivity contribution >= 4 is 5.97 Å². The molecule has 0 saturated heterocycles. The van der Waals surface area contributed by atoms with Gasteiger partial charge in [0.2, 0.25) is 0 Å². The summed E-state index contributed by atoms with van der Waals surface area (Å²) in [5.74, 6) is 0.362. The minimum Gasteiger partial charge on any atom is -0.427 e. The lowest BCUT2D eigenvalue weighted by Gasteiger charge is -2.25.